The number of hydrogen-bond acceptors (Lipinski definition) is 4. The maximum Gasteiger partial charge on any atom is 0.183 e. The number of rotatable bonds is 2. The summed E-state index contributed by atoms with van der Waals surface area (Å²) in [7, 11) is 3.18. The van der Waals surface area contributed by atoms with Crippen LogP contribution in [-0.4, -0.2) is 35.2 Å². The van der Waals surface area contributed by atoms with Gasteiger partial charge in [0, 0.05) is 19.5 Å². The highest BCUT2D eigenvalue weighted by atomic mass is 32.1. The topological polar surface area (TPSA) is 48.7 Å². The molecule has 0 amide bonds. The third kappa shape index (κ3) is 2.30. The molecule has 0 bridgehead atoms. The molecule has 1 heterocycles. The SMILES string of the molecule is CN=C(c1nc(C(C)C)cs1)N(C)O. The number of hydroxylamine groups is 2. The van der Waals surface area contributed by atoms with E-state index in [1.54, 1.807) is 14.1 Å². The van der Waals surface area contributed by atoms with Crippen molar-refractivity contribution in [3.05, 3.63) is 16.1 Å². The van der Waals surface area contributed by atoms with Gasteiger partial charge in [-0.2, -0.15) is 0 Å². The molecule has 0 radical (unpaired) electrons. The number of aliphatic imine (C=N–C) groups is 1. The third-order valence-electron chi connectivity index (χ3n) is 1.82. The van der Waals surface area contributed by atoms with Gasteiger partial charge in [-0.05, 0) is 5.92 Å². The maximum atomic E-state index is 9.28. The van der Waals surface area contributed by atoms with E-state index in [1.165, 1.54) is 11.3 Å². The minimum absolute atomic E-state index is 0.405. The number of nitrogens with zero attached hydrogens (tertiary/aromatic N) is 3. The van der Waals surface area contributed by atoms with Crippen LogP contribution in [0.25, 0.3) is 0 Å². The molecular formula is C9H15N3OS. The van der Waals surface area contributed by atoms with Gasteiger partial charge in [0.05, 0.1) is 5.69 Å². The Kier molecular flexibility index (Phi) is 3.60. The van der Waals surface area contributed by atoms with Gasteiger partial charge in [0.15, 0.2) is 10.8 Å². The Hall–Kier alpha value is -0.940. The van der Waals surface area contributed by atoms with Crippen LogP contribution in [0.5, 0.6) is 0 Å². The van der Waals surface area contributed by atoms with Crippen molar-refractivity contribution in [2.24, 2.45) is 4.99 Å². The van der Waals surface area contributed by atoms with Crippen LogP contribution in [-0.2, 0) is 0 Å². The second-order valence-electron chi connectivity index (χ2n) is 3.30. The molecule has 14 heavy (non-hydrogen) atoms. The molecule has 0 spiro atoms. The summed E-state index contributed by atoms with van der Waals surface area (Å²) in [5.74, 6) is 0.906. The van der Waals surface area contributed by atoms with Gasteiger partial charge in [0.2, 0.25) is 0 Å². The summed E-state index contributed by atoms with van der Waals surface area (Å²) < 4.78 is 0. The third-order valence-corrected chi connectivity index (χ3v) is 2.68. The van der Waals surface area contributed by atoms with Crippen molar-refractivity contribution in [1.82, 2.24) is 10.0 Å². The van der Waals surface area contributed by atoms with E-state index < -0.39 is 0 Å². The van der Waals surface area contributed by atoms with Gasteiger partial charge in [0.25, 0.3) is 0 Å². The Balaban J connectivity index is 2.96. The second kappa shape index (κ2) is 4.52. The smallest absolute Gasteiger partial charge is 0.183 e. The summed E-state index contributed by atoms with van der Waals surface area (Å²) >= 11 is 1.50. The van der Waals surface area contributed by atoms with E-state index in [0.29, 0.717) is 11.8 Å². The van der Waals surface area contributed by atoms with Crippen LogP contribution in [0.2, 0.25) is 0 Å². The van der Waals surface area contributed by atoms with Crippen LogP contribution < -0.4 is 0 Å². The first-order valence-corrected chi connectivity index (χ1v) is 5.29. The highest BCUT2D eigenvalue weighted by molar-refractivity contribution is 7.11. The average Bonchev–Trinajstić information content (AvgIpc) is 2.53. The van der Waals surface area contributed by atoms with Crippen LogP contribution >= 0.6 is 11.3 Å². The molecule has 1 aromatic heterocycles. The minimum atomic E-state index is 0.405. The Morgan fingerprint density at radius 2 is 2.29 bits per heavy atom. The lowest BCUT2D eigenvalue weighted by Gasteiger charge is -2.09. The average molecular weight is 213 g/mol. The van der Waals surface area contributed by atoms with Crippen LogP contribution in [0.3, 0.4) is 0 Å². The van der Waals surface area contributed by atoms with E-state index in [-0.39, 0.29) is 0 Å². The summed E-state index contributed by atoms with van der Waals surface area (Å²) in [5.41, 5.74) is 1.04. The lowest BCUT2D eigenvalue weighted by atomic mass is 10.2. The summed E-state index contributed by atoms with van der Waals surface area (Å²) in [4.78, 5) is 8.36. The lowest BCUT2D eigenvalue weighted by molar-refractivity contribution is 0.0142. The number of hydrogen-bond donors (Lipinski definition) is 1. The van der Waals surface area contributed by atoms with Crippen LogP contribution in [0.15, 0.2) is 10.4 Å². The van der Waals surface area contributed by atoms with Gasteiger partial charge in [-0.25, -0.2) is 10.0 Å². The van der Waals surface area contributed by atoms with Crippen LogP contribution in [0.4, 0.5) is 0 Å². The van der Waals surface area contributed by atoms with Crippen molar-refractivity contribution in [1.29, 1.82) is 0 Å². The zero-order valence-corrected chi connectivity index (χ0v) is 9.67. The molecule has 1 aromatic rings. The Morgan fingerprint density at radius 1 is 1.64 bits per heavy atom. The zero-order valence-electron chi connectivity index (χ0n) is 8.85. The van der Waals surface area contributed by atoms with E-state index in [4.69, 9.17) is 0 Å². The van der Waals surface area contributed by atoms with Crippen molar-refractivity contribution in [2.45, 2.75) is 19.8 Å². The van der Waals surface area contributed by atoms with Crippen LogP contribution in [0, 0.1) is 0 Å². The maximum absolute atomic E-state index is 9.28. The van der Waals surface area contributed by atoms with Crippen molar-refractivity contribution < 1.29 is 5.21 Å². The van der Waals surface area contributed by atoms with Gasteiger partial charge >= 0.3 is 0 Å². The molecule has 1 N–H and O–H groups in total. The van der Waals surface area contributed by atoms with Gasteiger partial charge in [-0.15, -0.1) is 11.3 Å². The molecule has 0 saturated carbocycles. The van der Waals surface area contributed by atoms with E-state index in [9.17, 15) is 5.21 Å². The molecule has 0 unspecified atom stereocenters. The molecule has 0 aliphatic carbocycles. The van der Waals surface area contributed by atoms with Gasteiger partial charge in [-0.3, -0.25) is 10.2 Å². The highest BCUT2D eigenvalue weighted by Crippen LogP contribution is 2.18. The number of aromatic nitrogens is 1. The predicted octanol–water partition coefficient (Wildman–Crippen LogP) is 1.96. The summed E-state index contributed by atoms with van der Waals surface area (Å²) in [5, 5.41) is 13.0. The molecule has 0 aromatic carbocycles. The van der Waals surface area contributed by atoms with Crippen molar-refractivity contribution in [3.8, 4) is 0 Å². The molecule has 0 aliphatic rings. The van der Waals surface area contributed by atoms with Crippen LogP contribution in [0.1, 0.15) is 30.5 Å². The number of thiazole rings is 1. The molecule has 5 heteroatoms. The standard InChI is InChI=1S/C9H15N3OS/c1-6(2)7-5-14-9(11-7)8(10-3)12(4)13/h5-6,13H,1-4H3. The van der Waals surface area contributed by atoms with Crippen molar-refractivity contribution in [2.75, 3.05) is 14.1 Å². The fourth-order valence-electron chi connectivity index (χ4n) is 1.03. The van der Waals surface area contributed by atoms with E-state index >= 15 is 0 Å². The fraction of sp³-hybridized carbons (Fsp3) is 0.556. The van der Waals surface area contributed by atoms with E-state index in [2.05, 4.69) is 23.8 Å². The summed E-state index contributed by atoms with van der Waals surface area (Å²) in [6, 6.07) is 0. The molecule has 0 aliphatic heterocycles. The lowest BCUT2D eigenvalue weighted by Crippen LogP contribution is -2.23. The molecular weight excluding hydrogens is 198 g/mol. The normalized spacial score (nSPS) is 12.3. The van der Waals surface area contributed by atoms with Gasteiger partial charge in [0.1, 0.15) is 0 Å². The Labute approximate surface area is 87.9 Å². The largest absolute Gasteiger partial charge is 0.287 e. The quantitative estimate of drug-likeness (QED) is 0.464. The molecule has 0 fully saturated rings. The molecule has 0 atom stereocenters. The number of amidine groups is 1. The molecule has 4 nitrogen and oxygen atoms in total. The van der Waals surface area contributed by atoms with Crippen molar-refractivity contribution in [3.63, 3.8) is 0 Å². The predicted molar refractivity (Wildman–Crippen MR) is 58.2 cm³/mol. The van der Waals surface area contributed by atoms with E-state index in [0.717, 1.165) is 15.8 Å². The molecule has 0 saturated heterocycles. The van der Waals surface area contributed by atoms with Gasteiger partial charge < -0.3 is 0 Å². The Bertz CT molecular complexity index is 331. The van der Waals surface area contributed by atoms with E-state index in [1.807, 2.05) is 5.38 Å². The van der Waals surface area contributed by atoms with Crippen molar-refractivity contribution >= 4 is 17.2 Å². The van der Waals surface area contributed by atoms with Gasteiger partial charge in [-0.1, -0.05) is 13.8 Å². The molecule has 1 rings (SSSR count). The zero-order chi connectivity index (χ0) is 10.7. The monoisotopic (exact) mass is 213 g/mol. The summed E-state index contributed by atoms with van der Waals surface area (Å²) in [6.07, 6.45) is 0. The highest BCUT2D eigenvalue weighted by Gasteiger charge is 2.12. The fourth-order valence-corrected chi connectivity index (χ4v) is 2.08. The summed E-state index contributed by atoms with van der Waals surface area (Å²) in [6.45, 7) is 4.18. The minimum Gasteiger partial charge on any atom is -0.287 e. The second-order valence-corrected chi connectivity index (χ2v) is 4.16. The first-order chi connectivity index (χ1) is 6.56. The first kappa shape index (κ1) is 11.1. The first-order valence-electron chi connectivity index (χ1n) is 4.41. The molecule has 78 valence electrons. The Morgan fingerprint density at radius 3 is 2.64 bits per heavy atom.